The van der Waals surface area contributed by atoms with E-state index in [9.17, 15) is 0 Å². The van der Waals surface area contributed by atoms with Crippen LogP contribution in [0, 0.1) is 6.92 Å². The molecule has 0 aliphatic rings. The van der Waals surface area contributed by atoms with E-state index in [-0.39, 0.29) is 0 Å². The van der Waals surface area contributed by atoms with Gasteiger partial charge in [0.2, 0.25) is 0 Å². The average Bonchev–Trinajstić information content (AvgIpc) is 3.19. The van der Waals surface area contributed by atoms with E-state index in [0.717, 1.165) is 67.2 Å². The van der Waals surface area contributed by atoms with Crippen LogP contribution in [0.2, 0.25) is 0 Å². The molecule has 0 saturated carbocycles. The molecule has 8 aromatic rings. The normalized spacial score (nSPS) is 11.0. The van der Waals surface area contributed by atoms with Gasteiger partial charge in [0.05, 0.1) is 17.6 Å². The van der Waals surface area contributed by atoms with Gasteiger partial charge in [-0.3, -0.25) is 15.0 Å². The molecule has 0 atom stereocenters. The zero-order valence-electron chi connectivity index (χ0n) is 26.8. The third-order valence-corrected chi connectivity index (χ3v) is 8.37. The lowest BCUT2D eigenvalue weighted by Gasteiger charge is -2.13. The monoisotopic (exact) mass is 630 g/mol. The minimum Gasteiger partial charge on any atom is -0.261 e. The summed E-state index contributed by atoms with van der Waals surface area (Å²) in [6.07, 6.45) is 5.17. The highest BCUT2D eigenvalue weighted by Gasteiger charge is 2.15. The molecule has 0 N–H and O–H groups in total. The van der Waals surface area contributed by atoms with Crippen LogP contribution in [-0.4, -0.2) is 29.9 Å². The second-order valence-electron chi connectivity index (χ2n) is 11.7. The molecule has 0 unspecified atom stereocenters. The van der Waals surface area contributed by atoms with Gasteiger partial charge in [-0.15, -0.1) is 0 Å². The van der Waals surface area contributed by atoms with Crippen molar-refractivity contribution in [2.75, 3.05) is 0 Å². The zero-order valence-corrected chi connectivity index (χ0v) is 26.8. The molecule has 3 heterocycles. The molecule has 0 radical (unpaired) electrons. The van der Waals surface area contributed by atoms with Crippen molar-refractivity contribution in [2.45, 2.75) is 6.92 Å². The molecule has 5 aromatic carbocycles. The summed E-state index contributed by atoms with van der Waals surface area (Å²) < 4.78 is 0. The summed E-state index contributed by atoms with van der Waals surface area (Å²) in [4.78, 5) is 28.4. The predicted molar refractivity (Wildman–Crippen MR) is 196 cm³/mol. The fourth-order valence-corrected chi connectivity index (χ4v) is 5.85. The number of aromatic nitrogens is 6. The molecule has 49 heavy (non-hydrogen) atoms. The van der Waals surface area contributed by atoms with Crippen LogP contribution < -0.4 is 0 Å². The van der Waals surface area contributed by atoms with E-state index in [0.29, 0.717) is 17.5 Å². The van der Waals surface area contributed by atoms with Crippen LogP contribution in [0.25, 0.3) is 78.9 Å². The molecule has 0 bridgehead atoms. The molecule has 0 aliphatic heterocycles. The summed E-state index contributed by atoms with van der Waals surface area (Å²) in [6, 6.07) is 49.7. The Morgan fingerprint density at radius 2 is 0.837 bits per heavy atom. The molecule has 8 rings (SSSR count). The van der Waals surface area contributed by atoms with Gasteiger partial charge in [0.15, 0.2) is 17.5 Å². The van der Waals surface area contributed by atoms with Gasteiger partial charge in [-0.05, 0) is 59.5 Å². The lowest BCUT2D eigenvalue weighted by molar-refractivity contribution is 1.07. The van der Waals surface area contributed by atoms with Gasteiger partial charge in [-0.25, -0.2) is 15.0 Å². The van der Waals surface area contributed by atoms with Gasteiger partial charge in [0, 0.05) is 45.9 Å². The lowest BCUT2D eigenvalue weighted by Crippen LogP contribution is -2.00. The first-order valence-electron chi connectivity index (χ1n) is 16.1. The van der Waals surface area contributed by atoms with Gasteiger partial charge >= 0.3 is 0 Å². The van der Waals surface area contributed by atoms with Crippen LogP contribution in [0.3, 0.4) is 0 Å². The van der Waals surface area contributed by atoms with Crippen molar-refractivity contribution < 1.29 is 0 Å². The highest BCUT2D eigenvalue weighted by molar-refractivity contribution is 5.81. The number of aryl methyl sites for hydroxylation is 1. The van der Waals surface area contributed by atoms with Crippen molar-refractivity contribution in [1.82, 2.24) is 29.9 Å². The van der Waals surface area contributed by atoms with Crippen molar-refractivity contribution >= 4 is 0 Å². The second kappa shape index (κ2) is 13.2. The van der Waals surface area contributed by atoms with E-state index in [1.165, 1.54) is 0 Å². The number of nitrogens with zero attached hydrogens (tertiary/aromatic N) is 6. The lowest BCUT2D eigenvalue weighted by atomic mass is 9.94. The molecule has 0 spiro atoms. The quantitative estimate of drug-likeness (QED) is 0.174. The summed E-state index contributed by atoms with van der Waals surface area (Å²) in [7, 11) is 0. The van der Waals surface area contributed by atoms with Crippen LogP contribution in [0.5, 0.6) is 0 Å². The molecular weight excluding hydrogens is 601 g/mol. The van der Waals surface area contributed by atoms with E-state index >= 15 is 0 Å². The van der Waals surface area contributed by atoms with Gasteiger partial charge in [-0.1, -0.05) is 115 Å². The Bertz CT molecular complexity index is 2300. The van der Waals surface area contributed by atoms with Gasteiger partial charge in [0.25, 0.3) is 0 Å². The minimum atomic E-state index is 0.604. The largest absolute Gasteiger partial charge is 0.261 e. The molecular formula is C43H30N6. The first kappa shape index (κ1) is 29.7. The number of rotatable bonds is 7. The summed E-state index contributed by atoms with van der Waals surface area (Å²) in [6.45, 7) is 2.01. The summed E-state index contributed by atoms with van der Waals surface area (Å²) in [5.41, 5.74) is 11.9. The molecule has 232 valence electrons. The third kappa shape index (κ3) is 6.48. The van der Waals surface area contributed by atoms with E-state index in [1.807, 2.05) is 85.8 Å². The first-order chi connectivity index (χ1) is 24.2. The first-order valence-corrected chi connectivity index (χ1v) is 16.1. The maximum Gasteiger partial charge on any atom is 0.164 e. The van der Waals surface area contributed by atoms with Crippen LogP contribution >= 0.6 is 0 Å². The van der Waals surface area contributed by atoms with Crippen molar-refractivity contribution in [3.63, 3.8) is 0 Å². The Balaban J connectivity index is 1.27. The molecule has 6 nitrogen and oxygen atoms in total. The Kier molecular flexibility index (Phi) is 8.02. The van der Waals surface area contributed by atoms with Crippen LogP contribution in [0.15, 0.2) is 164 Å². The Morgan fingerprint density at radius 1 is 0.347 bits per heavy atom. The maximum absolute atomic E-state index is 5.04. The molecule has 3 aromatic heterocycles. The van der Waals surface area contributed by atoms with Crippen molar-refractivity contribution in [3.05, 3.63) is 170 Å². The molecule has 0 amide bonds. The van der Waals surface area contributed by atoms with E-state index in [4.69, 9.17) is 19.9 Å². The summed E-state index contributed by atoms with van der Waals surface area (Å²) in [5, 5.41) is 0. The fourth-order valence-electron chi connectivity index (χ4n) is 5.85. The summed E-state index contributed by atoms with van der Waals surface area (Å²) >= 11 is 0. The van der Waals surface area contributed by atoms with Crippen LogP contribution in [0.1, 0.15) is 5.69 Å². The highest BCUT2D eigenvalue weighted by Crippen LogP contribution is 2.35. The highest BCUT2D eigenvalue weighted by atomic mass is 15.0. The Morgan fingerprint density at radius 3 is 1.35 bits per heavy atom. The standard InChI is InChI=1S/C43H30N6/c1-29-9-8-14-39(46-29)32-19-15-30(16-20-32)36-25-37(31-17-21-33(22-18-31)40-28-44-23-24-45-40)27-38(26-36)43-48-41(34-10-4-2-5-11-34)47-42(49-43)35-12-6-3-7-13-35/h2-28H,1H3. The zero-order chi connectivity index (χ0) is 33.0. The topological polar surface area (TPSA) is 77.3 Å². The molecule has 0 aliphatic carbocycles. The van der Waals surface area contributed by atoms with Crippen molar-refractivity contribution in [2.24, 2.45) is 0 Å². The molecule has 0 saturated heterocycles. The van der Waals surface area contributed by atoms with Gasteiger partial charge in [0.1, 0.15) is 0 Å². The SMILES string of the molecule is Cc1cccc(-c2ccc(-c3cc(-c4ccc(-c5cnccn5)cc4)cc(-c4nc(-c5ccccc5)nc(-c5ccccc5)n4)c3)cc2)n1. The Hall–Kier alpha value is -6.66. The van der Waals surface area contributed by atoms with Crippen molar-refractivity contribution in [3.8, 4) is 78.9 Å². The fraction of sp³-hybridized carbons (Fsp3) is 0.0233. The molecule has 6 heteroatoms. The molecule has 0 fully saturated rings. The van der Waals surface area contributed by atoms with E-state index in [1.54, 1.807) is 18.6 Å². The number of hydrogen-bond acceptors (Lipinski definition) is 6. The number of hydrogen-bond donors (Lipinski definition) is 0. The Labute approximate surface area is 285 Å². The maximum atomic E-state index is 5.04. The van der Waals surface area contributed by atoms with Crippen LogP contribution in [0.4, 0.5) is 0 Å². The van der Waals surface area contributed by atoms with Gasteiger partial charge < -0.3 is 0 Å². The third-order valence-electron chi connectivity index (χ3n) is 8.37. The van der Waals surface area contributed by atoms with E-state index in [2.05, 4.69) is 76.7 Å². The average molecular weight is 631 g/mol. The van der Waals surface area contributed by atoms with E-state index < -0.39 is 0 Å². The van der Waals surface area contributed by atoms with Crippen LogP contribution in [-0.2, 0) is 0 Å². The minimum absolute atomic E-state index is 0.604. The van der Waals surface area contributed by atoms with Crippen molar-refractivity contribution in [1.29, 1.82) is 0 Å². The predicted octanol–water partition coefficient (Wildman–Crippen LogP) is 10.0. The van der Waals surface area contributed by atoms with Gasteiger partial charge in [-0.2, -0.15) is 0 Å². The number of benzene rings is 5. The second-order valence-corrected chi connectivity index (χ2v) is 11.7. The summed E-state index contributed by atoms with van der Waals surface area (Å²) in [5.74, 6) is 1.85. The number of pyridine rings is 1. The smallest absolute Gasteiger partial charge is 0.164 e.